The van der Waals surface area contributed by atoms with E-state index in [1.165, 1.54) is 16.6 Å². The molecule has 0 saturated carbocycles. The summed E-state index contributed by atoms with van der Waals surface area (Å²) in [4.78, 5) is 38.9. The van der Waals surface area contributed by atoms with Crippen LogP contribution in [-0.4, -0.2) is 43.4 Å². The van der Waals surface area contributed by atoms with E-state index in [0.717, 1.165) is 11.4 Å². The SMILES string of the molecule is CC1(c2ccccc2)NC(=O)N(NC(=O)CSc2nncn2CCc2cccs2)C1=O. The van der Waals surface area contributed by atoms with Crippen molar-refractivity contribution < 1.29 is 14.4 Å². The molecule has 0 bridgehead atoms. The fraction of sp³-hybridized carbons (Fsp3) is 0.250. The first-order valence-electron chi connectivity index (χ1n) is 9.52. The lowest BCUT2D eigenvalue weighted by Gasteiger charge is -2.22. The molecule has 1 aromatic carbocycles. The molecule has 2 N–H and O–H groups in total. The van der Waals surface area contributed by atoms with Crippen LogP contribution < -0.4 is 10.7 Å². The lowest BCUT2D eigenvalue weighted by Crippen LogP contribution is -2.48. The highest BCUT2D eigenvalue weighted by atomic mass is 32.2. The average Bonchev–Trinajstić information content (AvgIpc) is 3.49. The largest absolute Gasteiger partial charge is 0.344 e. The number of benzene rings is 1. The summed E-state index contributed by atoms with van der Waals surface area (Å²) in [5.41, 5.74) is 1.80. The number of nitrogens with zero attached hydrogens (tertiary/aromatic N) is 4. The molecule has 1 saturated heterocycles. The molecule has 31 heavy (non-hydrogen) atoms. The van der Waals surface area contributed by atoms with Crippen LogP contribution in [0, 0.1) is 0 Å². The molecule has 9 nitrogen and oxygen atoms in total. The van der Waals surface area contributed by atoms with Gasteiger partial charge in [0.1, 0.15) is 11.9 Å². The van der Waals surface area contributed by atoms with Crippen LogP contribution >= 0.6 is 23.1 Å². The summed E-state index contributed by atoms with van der Waals surface area (Å²) in [7, 11) is 0. The Morgan fingerprint density at radius 1 is 1.23 bits per heavy atom. The minimum atomic E-state index is -1.24. The number of hydrogen-bond donors (Lipinski definition) is 2. The van der Waals surface area contributed by atoms with Crippen molar-refractivity contribution in [3.05, 3.63) is 64.6 Å². The number of thiophene rings is 1. The number of hydrogen-bond acceptors (Lipinski definition) is 7. The smallest absolute Gasteiger partial charge is 0.318 e. The van der Waals surface area contributed by atoms with Crippen LogP contribution in [0.25, 0.3) is 0 Å². The molecule has 4 amide bonds. The van der Waals surface area contributed by atoms with Gasteiger partial charge in [0.25, 0.3) is 5.91 Å². The molecule has 0 radical (unpaired) electrons. The molecule has 11 heteroatoms. The third-order valence-corrected chi connectivity index (χ3v) is 6.79. The Morgan fingerprint density at radius 2 is 2.03 bits per heavy atom. The van der Waals surface area contributed by atoms with Crippen LogP contribution in [0.5, 0.6) is 0 Å². The Bertz CT molecular complexity index is 1090. The average molecular weight is 457 g/mol. The molecular formula is C20H20N6O3S2. The van der Waals surface area contributed by atoms with Gasteiger partial charge in [-0.1, -0.05) is 48.2 Å². The molecule has 1 aliphatic rings. The summed E-state index contributed by atoms with van der Waals surface area (Å²) in [5.74, 6) is -1.05. The molecule has 0 aliphatic carbocycles. The number of nitrogens with one attached hydrogen (secondary N) is 2. The fourth-order valence-corrected chi connectivity index (χ4v) is 4.62. The zero-order valence-corrected chi connectivity index (χ0v) is 18.3. The van der Waals surface area contributed by atoms with Gasteiger partial charge >= 0.3 is 6.03 Å². The third-order valence-electron chi connectivity index (χ3n) is 4.87. The molecule has 1 aliphatic heterocycles. The quantitative estimate of drug-likeness (QED) is 0.397. The van der Waals surface area contributed by atoms with Crippen LogP contribution in [0.4, 0.5) is 4.79 Å². The lowest BCUT2D eigenvalue weighted by atomic mass is 9.92. The number of carbonyl (C=O) groups excluding carboxylic acids is 3. The maximum absolute atomic E-state index is 12.9. The van der Waals surface area contributed by atoms with Gasteiger partial charge in [0.15, 0.2) is 5.16 Å². The predicted molar refractivity (Wildman–Crippen MR) is 116 cm³/mol. The van der Waals surface area contributed by atoms with Gasteiger partial charge < -0.3 is 9.88 Å². The number of aromatic nitrogens is 3. The maximum Gasteiger partial charge on any atom is 0.344 e. The highest BCUT2D eigenvalue weighted by molar-refractivity contribution is 7.99. The Kier molecular flexibility index (Phi) is 6.05. The molecule has 0 spiro atoms. The molecule has 4 rings (SSSR count). The highest BCUT2D eigenvalue weighted by Crippen LogP contribution is 2.27. The number of imide groups is 1. The molecule has 1 fully saturated rings. The van der Waals surface area contributed by atoms with Crippen molar-refractivity contribution in [3.63, 3.8) is 0 Å². The molecule has 2 aromatic heterocycles. The minimum absolute atomic E-state index is 0.0171. The fourth-order valence-electron chi connectivity index (χ4n) is 3.19. The first kappa shape index (κ1) is 21.1. The van der Waals surface area contributed by atoms with E-state index in [0.29, 0.717) is 17.3 Å². The van der Waals surface area contributed by atoms with Crippen LogP contribution in [0.1, 0.15) is 17.4 Å². The Labute approximate surface area is 186 Å². The van der Waals surface area contributed by atoms with Gasteiger partial charge in [-0.3, -0.25) is 15.0 Å². The monoisotopic (exact) mass is 456 g/mol. The molecule has 3 aromatic rings. The summed E-state index contributed by atoms with van der Waals surface area (Å²) < 4.78 is 1.87. The van der Waals surface area contributed by atoms with Crippen LogP contribution in [-0.2, 0) is 28.1 Å². The van der Waals surface area contributed by atoms with E-state index in [2.05, 4.69) is 27.0 Å². The van der Waals surface area contributed by atoms with E-state index in [-0.39, 0.29) is 5.75 Å². The standard InChI is InChI=1S/C20H20N6O3S2/c1-20(14-6-3-2-4-7-14)17(28)26(18(29)22-20)24-16(27)12-31-19-23-21-13-25(19)10-9-15-8-5-11-30-15/h2-8,11,13H,9-10,12H2,1H3,(H,22,29)(H,24,27). The Balaban J connectivity index is 1.34. The third kappa shape index (κ3) is 4.47. The summed E-state index contributed by atoms with van der Waals surface area (Å²) in [6.07, 6.45) is 2.46. The molecule has 160 valence electrons. The number of rotatable bonds is 8. The van der Waals surface area contributed by atoms with E-state index >= 15 is 0 Å². The van der Waals surface area contributed by atoms with Crippen molar-refractivity contribution in [2.75, 3.05) is 5.75 Å². The number of hydrazine groups is 1. The normalized spacial score (nSPS) is 18.3. The molecule has 1 unspecified atom stereocenters. The topological polar surface area (TPSA) is 109 Å². The van der Waals surface area contributed by atoms with Crippen LogP contribution in [0.2, 0.25) is 0 Å². The predicted octanol–water partition coefficient (Wildman–Crippen LogP) is 2.17. The van der Waals surface area contributed by atoms with Crippen molar-refractivity contribution in [1.29, 1.82) is 0 Å². The van der Waals surface area contributed by atoms with E-state index in [4.69, 9.17) is 0 Å². The van der Waals surface area contributed by atoms with Crippen molar-refractivity contribution in [2.24, 2.45) is 0 Å². The van der Waals surface area contributed by atoms with Gasteiger partial charge in [-0.25, -0.2) is 4.79 Å². The van der Waals surface area contributed by atoms with Gasteiger partial charge in [-0.15, -0.1) is 21.5 Å². The molecule has 1 atom stereocenters. The van der Waals surface area contributed by atoms with Crippen LogP contribution in [0.3, 0.4) is 0 Å². The summed E-state index contributed by atoms with van der Waals surface area (Å²) in [5, 5.41) is 14.0. The second kappa shape index (κ2) is 8.90. The number of thioether (sulfide) groups is 1. The summed E-state index contributed by atoms with van der Waals surface area (Å²) in [6.45, 7) is 2.31. The number of urea groups is 1. The first-order valence-corrected chi connectivity index (χ1v) is 11.4. The van der Waals surface area contributed by atoms with Gasteiger partial charge in [0.2, 0.25) is 5.91 Å². The van der Waals surface area contributed by atoms with Crippen LogP contribution in [0.15, 0.2) is 59.3 Å². The minimum Gasteiger partial charge on any atom is -0.318 e. The lowest BCUT2D eigenvalue weighted by molar-refractivity contribution is -0.138. The zero-order valence-electron chi connectivity index (χ0n) is 16.6. The van der Waals surface area contributed by atoms with Crippen molar-refractivity contribution >= 4 is 40.9 Å². The van der Waals surface area contributed by atoms with Gasteiger partial charge in [0.05, 0.1) is 5.75 Å². The van der Waals surface area contributed by atoms with E-state index < -0.39 is 23.4 Å². The summed E-state index contributed by atoms with van der Waals surface area (Å²) >= 11 is 2.88. The second-order valence-corrected chi connectivity index (χ2v) is 9.00. The first-order chi connectivity index (χ1) is 15.0. The van der Waals surface area contributed by atoms with Crippen molar-refractivity contribution in [3.8, 4) is 0 Å². The highest BCUT2D eigenvalue weighted by Gasteiger charge is 2.49. The Hall–Kier alpha value is -3.18. The van der Waals surface area contributed by atoms with Crippen molar-refractivity contribution in [1.82, 2.24) is 30.5 Å². The van der Waals surface area contributed by atoms with Crippen molar-refractivity contribution in [2.45, 2.75) is 30.6 Å². The van der Waals surface area contributed by atoms with Gasteiger partial charge in [-0.05, 0) is 30.4 Å². The van der Waals surface area contributed by atoms with Gasteiger partial charge in [-0.2, -0.15) is 5.01 Å². The number of carbonyl (C=O) groups is 3. The Morgan fingerprint density at radius 3 is 2.77 bits per heavy atom. The van der Waals surface area contributed by atoms with E-state index in [9.17, 15) is 14.4 Å². The number of amides is 4. The molecular weight excluding hydrogens is 436 g/mol. The second-order valence-electron chi connectivity index (χ2n) is 7.02. The molecule has 3 heterocycles. The maximum atomic E-state index is 12.9. The zero-order chi connectivity index (χ0) is 21.8. The summed E-state index contributed by atoms with van der Waals surface area (Å²) in [6, 6.07) is 12.3. The van der Waals surface area contributed by atoms with E-state index in [1.54, 1.807) is 48.9 Å². The van der Waals surface area contributed by atoms with Gasteiger partial charge in [0, 0.05) is 11.4 Å². The number of aryl methyl sites for hydroxylation is 2. The van der Waals surface area contributed by atoms with E-state index in [1.807, 2.05) is 22.1 Å².